The molecule has 2 heterocycles. The smallest absolute Gasteiger partial charge is 0.272 e. The number of fused-ring (bicyclic) bond motifs is 1. The molecule has 2 aromatic rings. The van der Waals surface area contributed by atoms with Gasteiger partial charge in [0.05, 0.1) is 5.52 Å². The van der Waals surface area contributed by atoms with Crippen LogP contribution in [0.15, 0.2) is 16.2 Å². The van der Waals surface area contributed by atoms with Gasteiger partial charge in [-0.3, -0.25) is 14.2 Å². The third kappa shape index (κ3) is 2.37. The van der Waals surface area contributed by atoms with Crippen LogP contribution in [0.4, 0.5) is 0 Å². The van der Waals surface area contributed by atoms with E-state index in [1.54, 1.807) is 14.1 Å². The number of amides is 1. The quantitative estimate of drug-likeness (QED) is 0.870. The van der Waals surface area contributed by atoms with Crippen LogP contribution in [0.1, 0.15) is 6.42 Å². The minimum Gasteiger partial charge on any atom is -0.349 e. The Morgan fingerprint density at radius 2 is 2.28 bits per heavy atom. The maximum Gasteiger partial charge on any atom is 0.272 e. The predicted octanol–water partition coefficient (Wildman–Crippen LogP) is 1.60. The highest BCUT2D eigenvalue weighted by atomic mass is 32.1. The van der Waals surface area contributed by atoms with Crippen molar-refractivity contribution in [2.24, 2.45) is 0 Å². The van der Waals surface area contributed by atoms with E-state index >= 15 is 0 Å². The predicted molar refractivity (Wildman–Crippen MR) is 74.6 cm³/mol. The van der Waals surface area contributed by atoms with Crippen molar-refractivity contribution in [2.75, 3.05) is 14.1 Å². The van der Waals surface area contributed by atoms with Gasteiger partial charge in [-0.05, 0) is 23.7 Å². The molecule has 18 heavy (non-hydrogen) atoms. The lowest BCUT2D eigenvalue weighted by Gasteiger charge is -2.11. The fourth-order valence-corrected chi connectivity index (χ4v) is 2.69. The van der Waals surface area contributed by atoms with Crippen molar-refractivity contribution in [1.29, 1.82) is 0 Å². The molecule has 0 aliphatic rings. The summed E-state index contributed by atoms with van der Waals surface area (Å²) in [5.41, 5.74) is 0.625. The Bertz CT molecular complexity index is 696. The van der Waals surface area contributed by atoms with Crippen LogP contribution < -0.4 is 5.56 Å². The molecule has 1 N–H and O–H groups in total. The second kappa shape index (κ2) is 5.03. The highest BCUT2D eigenvalue weighted by Gasteiger charge is 2.09. The molecule has 96 valence electrons. The molecule has 0 fully saturated rings. The Morgan fingerprint density at radius 1 is 1.56 bits per heavy atom. The largest absolute Gasteiger partial charge is 0.349 e. The molecular formula is C11H13N3O2S2. The molecule has 0 aliphatic carbocycles. The first kappa shape index (κ1) is 13.0. The second-order valence-corrected chi connectivity index (χ2v) is 5.39. The highest BCUT2D eigenvalue weighted by molar-refractivity contribution is 7.71. The zero-order chi connectivity index (χ0) is 13.3. The average Bonchev–Trinajstić information content (AvgIpc) is 2.76. The lowest BCUT2D eigenvalue weighted by Crippen LogP contribution is -2.27. The molecule has 0 spiro atoms. The van der Waals surface area contributed by atoms with Gasteiger partial charge in [0, 0.05) is 27.1 Å². The molecule has 0 saturated heterocycles. The van der Waals surface area contributed by atoms with Crippen molar-refractivity contribution in [3.8, 4) is 0 Å². The topological polar surface area (TPSA) is 58.1 Å². The molecule has 5 nitrogen and oxygen atoms in total. The average molecular weight is 283 g/mol. The van der Waals surface area contributed by atoms with Gasteiger partial charge in [0.1, 0.15) is 4.70 Å². The standard InChI is InChI=1S/C11H13N3O2S2/c1-13(2)8(15)3-5-14-10(16)9-7(4-6-18-9)12-11(14)17/h4,6H,3,5H2,1-2H3,(H,12,17). The first-order valence-corrected chi connectivity index (χ1v) is 6.70. The molecule has 0 saturated carbocycles. The van der Waals surface area contributed by atoms with E-state index < -0.39 is 0 Å². The first-order chi connectivity index (χ1) is 8.50. The van der Waals surface area contributed by atoms with E-state index in [1.165, 1.54) is 20.8 Å². The molecule has 2 aromatic heterocycles. The molecule has 0 aromatic carbocycles. The number of carbonyl (C=O) groups excluding carboxylic acids is 1. The molecule has 0 unspecified atom stereocenters. The summed E-state index contributed by atoms with van der Waals surface area (Å²) in [7, 11) is 3.38. The lowest BCUT2D eigenvalue weighted by atomic mass is 10.3. The number of carbonyl (C=O) groups is 1. The normalized spacial score (nSPS) is 10.8. The number of aromatic amines is 1. The van der Waals surface area contributed by atoms with Crippen molar-refractivity contribution in [3.05, 3.63) is 26.6 Å². The molecule has 0 atom stereocenters. The van der Waals surface area contributed by atoms with Crippen molar-refractivity contribution >= 4 is 39.7 Å². The van der Waals surface area contributed by atoms with Crippen LogP contribution in [0.2, 0.25) is 0 Å². The maximum atomic E-state index is 12.2. The number of rotatable bonds is 3. The Labute approximate surface area is 113 Å². The van der Waals surface area contributed by atoms with Gasteiger partial charge < -0.3 is 9.88 Å². The van der Waals surface area contributed by atoms with Crippen LogP contribution in [0, 0.1) is 4.77 Å². The van der Waals surface area contributed by atoms with E-state index in [9.17, 15) is 9.59 Å². The molecule has 0 radical (unpaired) electrons. The fraction of sp³-hybridized carbons (Fsp3) is 0.364. The SMILES string of the molecule is CN(C)C(=O)CCn1c(=S)[nH]c2ccsc2c1=O. The molecule has 2 rings (SSSR count). The summed E-state index contributed by atoms with van der Waals surface area (Å²) in [4.78, 5) is 28.2. The van der Waals surface area contributed by atoms with Gasteiger partial charge in [-0.15, -0.1) is 11.3 Å². The lowest BCUT2D eigenvalue weighted by molar-refractivity contribution is -0.128. The summed E-state index contributed by atoms with van der Waals surface area (Å²) in [6, 6.07) is 1.83. The van der Waals surface area contributed by atoms with Gasteiger partial charge in [0.15, 0.2) is 4.77 Å². The molecule has 0 aliphatic heterocycles. The summed E-state index contributed by atoms with van der Waals surface area (Å²) in [5.74, 6) is -0.0254. The van der Waals surface area contributed by atoms with Crippen molar-refractivity contribution in [3.63, 3.8) is 0 Å². The van der Waals surface area contributed by atoms with E-state index in [-0.39, 0.29) is 17.9 Å². The van der Waals surface area contributed by atoms with Gasteiger partial charge >= 0.3 is 0 Å². The Balaban J connectivity index is 2.36. The second-order valence-electron chi connectivity index (χ2n) is 4.09. The third-order valence-electron chi connectivity index (χ3n) is 2.64. The van der Waals surface area contributed by atoms with Crippen LogP contribution in [0.5, 0.6) is 0 Å². The number of hydrogen-bond acceptors (Lipinski definition) is 4. The van der Waals surface area contributed by atoms with E-state index in [4.69, 9.17) is 12.2 Å². The number of aromatic nitrogens is 2. The molecule has 0 bridgehead atoms. The van der Waals surface area contributed by atoms with Crippen LogP contribution in [-0.4, -0.2) is 34.5 Å². The van der Waals surface area contributed by atoms with Crippen LogP contribution >= 0.6 is 23.6 Å². The summed E-state index contributed by atoms with van der Waals surface area (Å²) >= 11 is 6.51. The minimum absolute atomic E-state index is 0.0254. The van der Waals surface area contributed by atoms with Gasteiger partial charge in [0.2, 0.25) is 5.91 Å². The number of nitrogens with zero attached hydrogens (tertiary/aromatic N) is 2. The van der Waals surface area contributed by atoms with Crippen LogP contribution in [0.25, 0.3) is 10.2 Å². The maximum absolute atomic E-state index is 12.2. The zero-order valence-corrected chi connectivity index (χ0v) is 11.7. The molecular weight excluding hydrogens is 270 g/mol. The molecule has 1 amide bonds. The van der Waals surface area contributed by atoms with E-state index in [0.29, 0.717) is 16.0 Å². The monoisotopic (exact) mass is 283 g/mol. The van der Waals surface area contributed by atoms with E-state index in [1.807, 2.05) is 11.4 Å². The fourth-order valence-electron chi connectivity index (χ4n) is 1.60. The third-order valence-corrected chi connectivity index (χ3v) is 3.86. The Hall–Kier alpha value is -1.47. The summed E-state index contributed by atoms with van der Waals surface area (Å²) in [6.07, 6.45) is 0.265. The van der Waals surface area contributed by atoms with E-state index in [2.05, 4.69) is 4.98 Å². The van der Waals surface area contributed by atoms with Gasteiger partial charge in [-0.2, -0.15) is 0 Å². The minimum atomic E-state index is -0.129. The van der Waals surface area contributed by atoms with Crippen molar-refractivity contribution < 1.29 is 4.79 Å². The number of hydrogen-bond donors (Lipinski definition) is 1. The zero-order valence-electron chi connectivity index (χ0n) is 10.1. The van der Waals surface area contributed by atoms with Gasteiger partial charge in [-0.1, -0.05) is 0 Å². The van der Waals surface area contributed by atoms with Crippen molar-refractivity contribution in [1.82, 2.24) is 14.5 Å². The Kier molecular flexibility index (Phi) is 3.63. The van der Waals surface area contributed by atoms with Crippen LogP contribution in [0.3, 0.4) is 0 Å². The van der Waals surface area contributed by atoms with Crippen molar-refractivity contribution in [2.45, 2.75) is 13.0 Å². The first-order valence-electron chi connectivity index (χ1n) is 5.41. The number of H-pyrrole nitrogens is 1. The van der Waals surface area contributed by atoms with Crippen LogP contribution in [-0.2, 0) is 11.3 Å². The summed E-state index contributed by atoms with van der Waals surface area (Å²) in [6.45, 7) is 0.305. The summed E-state index contributed by atoms with van der Waals surface area (Å²) < 4.78 is 2.44. The summed E-state index contributed by atoms with van der Waals surface area (Å²) in [5, 5.41) is 1.84. The number of thiophene rings is 1. The van der Waals surface area contributed by atoms with Gasteiger partial charge in [-0.25, -0.2) is 0 Å². The Morgan fingerprint density at radius 3 is 2.94 bits per heavy atom. The molecule has 7 heteroatoms. The van der Waals surface area contributed by atoms with E-state index in [0.717, 1.165) is 5.52 Å². The highest BCUT2D eigenvalue weighted by Crippen LogP contribution is 2.13. The van der Waals surface area contributed by atoms with Gasteiger partial charge in [0.25, 0.3) is 5.56 Å². The number of nitrogens with one attached hydrogen (secondary N) is 1.